The van der Waals surface area contributed by atoms with E-state index in [1.165, 1.54) is 5.56 Å². The smallest absolute Gasteiger partial charge is 0.194 e. The number of likely N-dealkylation sites (N-methyl/N-ethyl adjacent to an activating group) is 1. The fourth-order valence-corrected chi connectivity index (χ4v) is 2.52. The third-order valence-corrected chi connectivity index (χ3v) is 4.26. The molecular weight excluding hydrogens is 356 g/mol. The maximum absolute atomic E-state index is 5.09. The number of nitrogens with zero attached hydrogens (tertiary/aromatic N) is 3. The van der Waals surface area contributed by atoms with Crippen LogP contribution in [-0.2, 0) is 11.3 Å². The number of aliphatic imine (C=N–C) groups is 1. The van der Waals surface area contributed by atoms with Crippen LogP contribution in [-0.4, -0.2) is 69.8 Å². The number of hydrogen-bond donors (Lipinski definition) is 1. The van der Waals surface area contributed by atoms with Gasteiger partial charge >= 0.3 is 0 Å². The Hall–Kier alpha value is -1.11. The molecule has 130 valence electrons. The Labute approximate surface area is 148 Å². The van der Waals surface area contributed by atoms with Crippen LogP contribution in [0.1, 0.15) is 12.5 Å². The van der Waals surface area contributed by atoms with Crippen molar-refractivity contribution in [2.75, 3.05) is 54.0 Å². The zero-order valence-corrected chi connectivity index (χ0v) is 16.3. The molecule has 0 radical (unpaired) electrons. The number of guanidine groups is 1. The van der Waals surface area contributed by atoms with Crippen molar-refractivity contribution in [3.05, 3.63) is 34.3 Å². The van der Waals surface area contributed by atoms with Crippen LogP contribution in [0.25, 0.3) is 0 Å². The average molecular weight is 385 g/mol. The molecule has 0 spiro atoms. The summed E-state index contributed by atoms with van der Waals surface area (Å²) in [5, 5.41) is 3.36. The van der Waals surface area contributed by atoms with Gasteiger partial charge in [-0.2, -0.15) is 0 Å². The Balaban J connectivity index is 2.58. The van der Waals surface area contributed by atoms with Gasteiger partial charge in [-0.15, -0.1) is 0 Å². The molecule has 0 heterocycles. The van der Waals surface area contributed by atoms with Gasteiger partial charge in [0.05, 0.1) is 13.2 Å². The van der Waals surface area contributed by atoms with Crippen LogP contribution in [0.15, 0.2) is 33.7 Å². The number of nitrogens with one attached hydrogen (secondary N) is 1. The Morgan fingerprint density at radius 1 is 1.26 bits per heavy atom. The third-order valence-electron chi connectivity index (χ3n) is 3.48. The molecule has 0 saturated carbocycles. The molecule has 0 fully saturated rings. The molecule has 0 aliphatic heterocycles. The van der Waals surface area contributed by atoms with Gasteiger partial charge in [0, 0.05) is 44.8 Å². The van der Waals surface area contributed by atoms with E-state index in [0.717, 1.165) is 49.8 Å². The Bertz CT molecular complexity index is 481. The van der Waals surface area contributed by atoms with Crippen molar-refractivity contribution in [1.29, 1.82) is 0 Å². The second-order valence-corrected chi connectivity index (χ2v) is 6.33. The molecule has 0 atom stereocenters. The van der Waals surface area contributed by atoms with Crippen LogP contribution in [0, 0.1) is 0 Å². The minimum Gasteiger partial charge on any atom is -0.383 e. The first-order valence-corrected chi connectivity index (χ1v) is 8.78. The molecule has 0 aromatic heterocycles. The van der Waals surface area contributed by atoms with E-state index in [1.807, 2.05) is 6.07 Å². The normalized spacial score (nSPS) is 11.8. The SMILES string of the molecule is CCNC(=NCCN(C)CCOC)N(C)Cc1ccccc1Br. The van der Waals surface area contributed by atoms with E-state index in [9.17, 15) is 0 Å². The summed E-state index contributed by atoms with van der Waals surface area (Å²) in [6.07, 6.45) is 0. The fourth-order valence-electron chi connectivity index (χ4n) is 2.11. The van der Waals surface area contributed by atoms with Crippen molar-refractivity contribution >= 4 is 21.9 Å². The van der Waals surface area contributed by atoms with Gasteiger partial charge in [-0.05, 0) is 25.6 Å². The largest absolute Gasteiger partial charge is 0.383 e. The van der Waals surface area contributed by atoms with Gasteiger partial charge in [-0.25, -0.2) is 0 Å². The summed E-state index contributed by atoms with van der Waals surface area (Å²) in [4.78, 5) is 9.10. The number of methoxy groups -OCH3 is 1. The van der Waals surface area contributed by atoms with Gasteiger partial charge in [0.25, 0.3) is 0 Å². The Morgan fingerprint density at radius 3 is 2.65 bits per heavy atom. The molecular formula is C17H29BrN4O. The van der Waals surface area contributed by atoms with E-state index in [0.29, 0.717) is 0 Å². The molecule has 1 N–H and O–H groups in total. The highest BCUT2D eigenvalue weighted by Gasteiger charge is 2.08. The van der Waals surface area contributed by atoms with Gasteiger partial charge < -0.3 is 19.9 Å². The van der Waals surface area contributed by atoms with Crippen LogP contribution < -0.4 is 5.32 Å². The lowest BCUT2D eigenvalue weighted by Crippen LogP contribution is -2.39. The molecule has 0 saturated heterocycles. The molecule has 0 aliphatic carbocycles. The minimum atomic E-state index is 0.752. The van der Waals surface area contributed by atoms with E-state index >= 15 is 0 Å². The van der Waals surface area contributed by atoms with Gasteiger partial charge in [-0.1, -0.05) is 34.1 Å². The fraction of sp³-hybridized carbons (Fsp3) is 0.588. The number of halogens is 1. The van der Waals surface area contributed by atoms with E-state index in [-0.39, 0.29) is 0 Å². The summed E-state index contributed by atoms with van der Waals surface area (Å²) < 4.78 is 6.22. The summed E-state index contributed by atoms with van der Waals surface area (Å²) in [6.45, 7) is 7.12. The van der Waals surface area contributed by atoms with Gasteiger partial charge in [0.2, 0.25) is 0 Å². The second-order valence-electron chi connectivity index (χ2n) is 5.48. The quantitative estimate of drug-likeness (QED) is 0.524. The highest BCUT2D eigenvalue weighted by atomic mass is 79.9. The van der Waals surface area contributed by atoms with E-state index < -0.39 is 0 Å². The number of benzene rings is 1. The Kier molecular flexibility index (Phi) is 9.91. The molecule has 1 aromatic rings. The average Bonchev–Trinajstić information content (AvgIpc) is 2.54. The predicted molar refractivity (Wildman–Crippen MR) is 101 cm³/mol. The topological polar surface area (TPSA) is 40.1 Å². The number of hydrogen-bond acceptors (Lipinski definition) is 3. The molecule has 0 amide bonds. The predicted octanol–water partition coefficient (Wildman–Crippen LogP) is 2.42. The van der Waals surface area contributed by atoms with Crippen LogP contribution in [0.5, 0.6) is 0 Å². The molecule has 1 rings (SSSR count). The Morgan fingerprint density at radius 2 is 2.00 bits per heavy atom. The molecule has 0 unspecified atom stereocenters. The molecule has 5 nitrogen and oxygen atoms in total. The molecule has 1 aromatic carbocycles. The summed E-state index contributed by atoms with van der Waals surface area (Å²) in [5.74, 6) is 0.934. The zero-order valence-electron chi connectivity index (χ0n) is 14.7. The van der Waals surface area contributed by atoms with Crippen molar-refractivity contribution in [3.63, 3.8) is 0 Å². The molecule has 6 heteroatoms. The van der Waals surface area contributed by atoms with Crippen LogP contribution in [0.2, 0.25) is 0 Å². The first-order valence-electron chi connectivity index (χ1n) is 7.98. The van der Waals surface area contributed by atoms with Crippen molar-refractivity contribution in [1.82, 2.24) is 15.1 Å². The summed E-state index contributed by atoms with van der Waals surface area (Å²) in [5.41, 5.74) is 1.25. The first-order chi connectivity index (χ1) is 11.1. The van der Waals surface area contributed by atoms with Gasteiger partial charge in [0.1, 0.15) is 0 Å². The summed E-state index contributed by atoms with van der Waals surface area (Å²) >= 11 is 3.60. The van der Waals surface area contributed by atoms with Gasteiger partial charge in [0.15, 0.2) is 5.96 Å². The second kappa shape index (κ2) is 11.4. The monoisotopic (exact) mass is 384 g/mol. The lowest BCUT2D eigenvalue weighted by molar-refractivity contribution is 0.163. The number of ether oxygens (including phenoxy) is 1. The van der Waals surface area contributed by atoms with Crippen LogP contribution >= 0.6 is 15.9 Å². The zero-order chi connectivity index (χ0) is 17.1. The highest BCUT2D eigenvalue weighted by molar-refractivity contribution is 9.10. The van der Waals surface area contributed by atoms with Crippen LogP contribution in [0.3, 0.4) is 0 Å². The minimum absolute atomic E-state index is 0.752. The first kappa shape index (κ1) is 19.9. The molecule has 0 aliphatic rings. The van der Waals surface area contributed by atoms with Gasteiger partial charge in [-0.3, -0.25) is 4.99 Å². The summed E-state index contributed by atoms with van der Waals surface area (Å²) in [7, 11) is 5.88. The van der Waals surface area contributed by atoms with E-state index in [4.69, 9.17) is 9.73 Å². The standard InChI is InChI=1S/C17H29BrN4O/c1-5-19-17(20-10-11-21(2)12-13-23-4)22(3)14-15-8-6-7-9-16(15)18/h6-9H,5,10-14H2,1-4H3,(H,19,20). The molecule has 0 bridgehead atoms. The lowest BCUT2D eigenvalue weighted by Gasteiger charge is -2.23. The summed E-state index contributed by atoms with van der Waals surface area (Å²) in [6, 6.07) is 8.28. The van der Waals surface area contributed by atoms with Crippen molar-refractivity contribution in [2.24, 2.45) is 4.99 Å². The highest BCUT2D eigenvalue weighted by Crippen LogP contribution is 2.17. The maximum atomic E-state index is 5.09. The van der Waals surface area contributed by atoms with Crippen molar-refractivity contribution in [3.8, 4) is 0 Å². The maximum Gasteiger partial charge on any atom is 0.194 e. The third kappa shape index (κ3) is 7.81. The number of rotatable bonds is 9. The van der Waals surface area contributed by atoms with E-state index in [1.54, 1.807) is 7.11 Å². The van der Waals surface area contributed by atoms with Crippen LogP contribution in [0.4, 0.5) is 0 Å². The van der Waals surface area contributed by atoms with E-state index in [2.05, 4.69) is 70.3 Å². The van der Waals surface area contributed by atoms with Crippen molar-refractivity contribution in [2.45, 2.75) is 13.5 Å². The van der Waals surface area contributed by atoms with Crippen molar-refractivity contribution < 1.29 is 4.74 Å². The molecule has 23 heavy (non-hydrogen) atoms. The lowest BCUT2D eigenvalue weighted by atomic mass is 10.2.